The summed E-state index contributed by atoms with van der Waals surface area (Å²) in [5, 5.41) is 4.00. The Bertz CT molecular complexity index is 1440. The summed E-state index contributed by atoms with van der Waals surface area (Å²) in [7, 11) is 0. The van der Waals surface area contributed by atoms with Crippen LogP contribution < -0.4 is 9.47 Å². The molecule has 1 aliphatic rings. The number of hydrogen-bond donors (Lipinski definition) is 0. The quantitative estimate of drug-likeness (QED) is 0.231. The number of unbranched alkanes of at least 4 members (excludes halogenated alkanes) is 2. The molecule has 1 aromatic heterocycles. The lowest BCUT2D eigenvalue weighted by Gasteiger charge is -2.27. The predicted molar refractivity (Wildman–Crippen MR) is 155 cm³/mol. The van der Waals surface area contributed by atoms with Gasteiger partial charge in [-0.1, -0.05) is 89.1 Å². The van der Waals surface area contributed by atoms with Crippen molar-refractivity contribution in [3.63, 3.8) is 0 Å². The molecule has 0 atom stereocenters. The Kier molecular flexibility index (Phi) is 6.96. The van der Waals surface area contributed by atoms with Gasteiger partial charge in [0.15, 0.2) is 0 Å². The zero-order valence-electron chi connectivity index (χ0n) is 22.3. The van der Waals surface area contributed by atoms with Gasteiger partial charge in [0.25, 0.3) is 0 Å². The van der Waals surface area contributed by atoms with E-state index in [1.54, 1.807) is 0 Å². The Morgan fingerprint density at radius 1 is 0.806 bits per heavy atom. The Hall–Kier alpha value is -3.39. The van der Waals surface area contributed by atoms with Crippen molar-refractivity contribution < 1.29 is 4.57 Å². The lowest BCUT2D eigenvalue weighted by atomic mass is 9.81. The number of fused-ring (bicyclic) bond motifs is 4. The van der Waals surface area contributed by atoms with Crippen molar-refractivity contribution in [1.29, 1.82) is 0 Å². The molecule has 0 saturated carbocycles. The van der Waals surface area contributed by atoms with Crippen LogP contribution >= 0.6 is 0 Å². The number of hydrogen-bond acceptors (Lipinski definition) is 1. The van der Waals surface area contributed by atoms with Gasteiger partial charge in [-0.15, -0.1) is 0 Å². The maximum Gasteiger partial charge on any atom is 0.212 e. The summed E-state index contributed by atoms with van der Waals surface area (Å²) >= 11 is 0. The highest BCUT2D eigenvalue weighted by Crippen LogP contribution is 2.50. The fourth-order valence-corrected chi connectivity index (χ4v) is 5.82. The minimum atomic E-state index is -0.0597. The van der Waals surface area contributed by atoms with Crippen LogP contribution in [-0.2, 0) is 12.0 Å². The van der Waals surface area contributed by atoms with Gasteiger partial charge in [-0.05, 0) is 47.0 Å². The number of benzene rings is 3. The van der Waals surface area contributed by atoms with Crippen molar-refractivity contribution in [3.8, 4) is 0 Å². The molecule has 36 heavy (non-hydrogen) atoms. The highest BCUT2D eigenvalue weighted by molar-refractivity contribution is 5.95. The fraction of sp³-hybridized carbons (Fsp3) is 0.324. The number of allylic oxidation sites excluding steroid dienone is 3. The SMILES string of the molecule is CCCCN1C(=CC=Cc2ccc3ccccc3[n+]2CCCC)C(C)(C)c2c1ccc1ccccc21. The molecule has 1 aliphatic heterocycles. The van der Waals surface area contributed by atoms with Crippen LogP contribution in [0, 0.1) is 0 Å². The van der Waals surface area contributed by atoms with E-state index < -0.39 is 0 Å². The van der Waals surface area contributed by atoms with E-state index in [2.05, 4.69) is 128 Å². The summed E-state index contributed by atoms with van der Waals surface area (Å²) in [6, 6.07) is 26.7. The lowest BCUT2D eigenvalue weighted by Crippen LogP contribution is -2.37. The Balaban J connectivity index is 1.58. The fourth-order valence-electron chi connectivity index (χ4n) is 5.82. The van der Waals surface area contributed by atoms with Crippen LogP contribution in [0.2, 0.25) is 0 Å². The number of nitrogens with zero attached hydrogens (tertiary/aromatic N) is 2. The summed E-state index contributed by atoms with van der Waals surface area (Å²) in [5.41, 5.74) is 6.73. The van der Waals surface area contributed by atoms with E-state index in [1.807, 2.05) is 0 Å². The molecule has 3 aromatic carbocycles. The first-order chi connectivity index (χ1) is 17.6. The lowest BCUT2D eigenvalue weighted by molar-refractivity contribution is -0.673. The van der Waals surface area contributed by atoms with Crippen molar-refractivity contribution in [2.24, 2.45) is 0 Å². The molecule has 5 rings (SSSR count). The van der Waals surface area contributed by atoms with Crippen LogP contribution in [-0.4, -0.2) is 6.54 Å². The van der Waals surface area contributed by atoms with E-state index in [0.717, 1.165) is 13.1 Å². The topological polar surface area (TPSA) is 7.12 Å². The van der Waals surface area contributed by atoms with Crippen LogP contribution in [0.1, 0.15) is 64.6 Å². The number of anilines is 1. The summed E-state index contributed by atoms with van der Waals surface area (Å²) in [6.07, 6.45) is 11.7. The van der Waals surface area contributed by atoms with Gasteiger partial charge in [0, 0.05) is 53.4 Å². The number of para-hydroxylation sites is 1. The number of rotatable bonds is 8. The minimum Gasteiger partial charge on any atom is -0.344 e. The van der Waals surface area contributed by atoms with Gasteiger partial charge >= 0.3 is 0 Å². The highest BCUT2D eigenvalue weighted by Gasteiger charge is 2.40. The minimum absolute atomic E-state index is 0.0597. The molecule has 0 radical (unpaired) electrons. The van der Waals surface area contributed by atoms with Crippen molar-refractivity contribution >= 4 is 33.4 Å². The van der Waals surface area contributed by atoms with Crippen LogP contribution in [0.25, 0.3) is 27.8 Å². The van der Waals surface area contributed by atoms with E-state index in [0.29, 0.717) is 0 Å². The molecule has 0 fully saturated rings. The second-order valence-corrected chi connectivity index (χ2v) is 10.5. The Morgan fingerprint density at radius 2 is 1.53 bits per heavy atom. The van der Waals surface area contributed by atoms with Crippen molar-refractivity contribution in [1.82, 2.24) is 0 Å². The van der Waals surface area contributed by atoms with Crippen molar-refractivity contribution in [3.05, 3.63) is 102 Å². The van der Waals surface area contributed by atoms with Gasteiger partial charge in [-0.2, -0.15) is 4.57 Å². The van der Waals surface area contributed by atoms with Gasteiger partial charge in [-0.25, -0.2) is 0 Å². The van der Waals surface area contributed by atoms with Crippen LogP contribution in [0.5, 0.6) is 0 Å². The molecule has 0 spiro atoms. The average Bonchev–Trinajstić information content (AvgIpc) is 3.12. The van der Waals surface area contributed by atoms with E-state index in [4.69, 9.17) is 0 Å². The zero-order valence-corrected chi connectivity index (χ0v) is 22.3. The Morgan fingerprint density at radius 3 is 2.33 bits per heavy atom. The third-order valence-corrected chi connectivity index (χ3v) is 7.72. The number of pyridine rings is 1. The molecule has 2 heterocycles. The number of aromatic nitrogens is 1. The molecule has 4 aromatic rings. The average molecular weight is 476 g/mol. The van der Waals surface area contributed by atoms with E-state index in [1.165, 1.54) is 70.0 Å². The summed E-state index contributed by atoms with van der Waals surface area (Å²) in [6.45, 7) is 11.4. The highest BCUT2D eigenvalue weighted by atomic mass is 15.2. The van der Waals surface area contributed by atoms with Crippen LogP contribution in [0.4, 0.5) is 5.69 Å². The second kappa shape index (κ2) is 10.3. The number of aryl methyl sites for hydroxylation is 1. The van der Waals surface area contributed by atoms with E-state index >= 15 is 0 Å². The van der Waals surface area contributed by atoms with E-state index in [9.17, 15) is 0 Å². The van der Waals surface area contributed by atoms with Crippen LogP contribution in [0.3, 0.4) is 0 Å². The standard InChI is InChI=1S/C34H39N2/c1-5-7-24-35-28(22-20-27-15-10-12-18-30(27)35)16-13-19-32-34(3,4)33-29-17-11-9-14-26(29)21-23-31(33)36(32)25-8-6-2/h9-23H,5-8,24-25H2,1-4H3/q+1. The summed E-state index contributed by atoms with van der Waals surface area (Å²) in [4.78, 5) is 2.57. The first-order valence-electron chi connectivity index (χ1n) is 13.7. The molecule has 0 aliphatic carbocycles. The molecular weight excluding hydrogens is 436 g/mol. The maximum absolute atomic E-state index is 2.57. The van der Waals surface area contributed by atoms with Gasteiger partial charge in [0.1, 0.15) is 6.54 Å². The molecule has 0 amide bonds. The summed E-state index contributed by atoms with van der Waals surface area (Å²) < 4.78 is 2.48. The molecule has 184 valence electrons. The van der Waals surface area contributed by atoms with Gasteiger partial charge in [0.05, 0.1) is 0 Å². The van der Waals surface area contributed by atoms with Crippen molar-refractivity contribution in [2.75, 3.05) is 11.4 Å². The third-order valence-electron chi connectivity index (χ3n) is 7.72. The smallest absolute Gasteiger partial charge is 0.212 e. The Labute approximate surface area is 216 Å². The third kappa shape index (κ3) is 4.34. The molecular formula is C34H39N2+. The molecule has 0 N–H and O–H groups in total. The van der Waals surface area contributed by atoms with Gasteiger partial charge in [0.2, 0.25) is 11.2 Å². The first kappa shape index (κ1) is 24.3. The second-order valence-electron chi connectivity index (χ2n) is 10.5. The maximum atomic E-state index is 2.57. The summed E-state index contributed by atoms with van der Waals surface area (Å²) in [5.74, 6) is 0. The van der Waals surface area contributed by atoms with Gasteiger partial charge in [-0.3, -0.25) is 0 Å². The van der Waals surface area contributed by atoms with Gasteiger partial charge < -0.3 is 4.90 Å². The first-order valence-corrected chi connectivity index (χ1v) is 13.7. The van der Waals surface area contributed by atoms with Crippen molar-refractivity contribution in [2.45, 2.75) is 65.3 Å². The molecule has 0 bridgehead atoms. The molecule has 0 saturated heterocycles. The van der Waals surface area contributed by atoms with Crippen LogP contribution in [0.15, 0.2) is 90.6 Å². The molecule has 2 nitrogen and oxygen atoms in total. The monoisotopic (exact) mass is 475 g/mol. The predicted octanol–water partition coefficient (Wildman–Crippen LogP) is 8.58. The zero-order chi connectivity index (χ0) is 25.1. The largest absolute Gasteiger partial charge is 0.344 e. The normalized spacial score (nSPS) is 16.0. The molecule has 0 unspecified atom stereocenters. The van der Waals surface area contributed by atoms with E-state index in [-0.39, 0.29) is 5.41 Å². The molecule has 2 heteroatoms.